The molecule has 9 nitrogen and oxygen atoms in total. The Balaban J connectivity index is 0.000000509. The number of halogens is 1. The van der Waals surface area contributed by atoms with Gasteiger partial charge in [-0.05, 0) is 23.3 Å². The molecule has 1 saturated heterocycles. The molecule has 1 fully saturated rings. The summed E-state index contributed by atoms with van der Waals surface area (Å²) in [6.45, 7) is 4.72. The Morgan fingerprint density at radius 2 is 1.62 bits per heavy atom. The van der Waals surface area contributed by atoms with Gasteiger partial charge in [0.05, 0.1) is 18.4 Å². The SMILES string of the molecule is NCCS(=O)(=O)O.O=C(O)COCCN1CCN(C(c2ccccc2)c2ccc(Cl)cc2)CC1. The van der Waals surface area contributed by atoms with Gasteiger partial charge in [-0.2, -0.15) is 8.42 Å². The van der Waals surface area contributed by atoms with E-state index in [0.717, 1.165) is 37.7 Å². The average molecular weight is 514 g/mol. The van der Waals surface area contributed by atoms with Gasteiger partial charge in [0.15, 0.2) is 0 Å². The largest absolute Gasteiger partial charge is 0.480 e. The van der Waals surface area contributed by atoms with Gasteiger partial charge in [0.1, 0.15) is 6.61 Å². The molecule has 0 radical (unpaired) electrons. The second-order valence-electron chi connectivity index (χ2n) is 7.76. The van der Waals surface area contributed by atoms with Crippen molar-refractivity contribution >= 4 is 27.7 Å². The second-order valence-corrected chi connectivity index (χ2v) is 9.77. The molecule has 34 heavy (non-hydrogen) atoms. The summed E-state index contributed by atoms with van der Waals surface area (Å²) < 4.78 is 32.5. The van der Waals surface area contributed by atoms with Crippen molar-refractivity contribution in [1.82, 2.24) is 9.80 Å². The van der Waals surface area contributed by atoms with E-state index in [4.69, 9.17) is 31.7 Å². The van der Waals surface area contributed by atoms with Crippen LogP contribution in [0.2, 0.25) is 5.02 Å². The number of aliphatic carboxylic acids is 1. The number of nitrogens with zero attached hydrogens (tertiary/aromatic N) is 2. The van der Waals surface area contributed by atoms with Gasteiger partial charge in [0.25, 0.3) is 10.1 Å². The van der Waals surface area contributed by atoms with Crippen LogP contribution in [0.5, 0.6) is 0 Å². The number of hydrogen-bond donors (Lipinski definition) is 3. The number of ether oxygens (including phenoxy) is 1. The van der Waals surface area contributed by atoms with Crippen LogP contribution in [0.4, 0.5) is 0 Å². The van der Waals surface area contributed by atoms with Crippen LogP contribution in [0.3, 0.4) is 0 Å². The number of hydrogen-bond acceptors (Lipinski definition) is 7. The lowest BCUT2D eigenvalue weighted by Gasteiger charge is -2.39. The zero-order chi connectivity index (χ0) is 25.0. The molecular formula is C23H32ClN3O6S. The molecule has 4 N–H and O–H groups in total. The first-order valence-corrected chi connectivity index (χ1v) is 12.9. The van der Waals surface area contributed by atoms with Crippen LogP contribution in [-0.2, 0) is 19.6 Å². The van der Waals surface area contributed by atoms with Crippen molar-refractivity contribution in [2.24, 2.45) is 5.73 Å². The van der Waals surface area contributed by atoms with E-state index >= 15 is 0 Å². The monoisotopic (exact) mass is 513 g/mol. The molecule has 188 valence electrons. The molecule has 0 aromatic heterocycles. The van der Waals surface area contributed by atoms with Gasteiger partial charge in [-0.15, -0.1) is 0 Å². The Morgan fingerprint density at radius 1 is 1.03 bits per heavy atom. The van der Waals surface area contributed by atoms with Crippen LogP contribution >= 0.6 is 11.6 Å². The molecule has 1 aliphatic rings. The quantitative estimate of drug-likeness (QED) is 0.322. The summed E-state index contributed by atoms with van der Waals surface area (Å²) in [4.78, 5) is 15.3. The predicted molar refractivity (Wildman–Crippen MR) is 132 cm³/mol. The normalized spacial score (nSPS) is 15.9. The minimum atomic E-state index is -3.80. The standard InChI is InChI=1S/C21H25ClN2O3.C2H7NO3S/c22-19-8-6-18(7-9-19)21(17-4-2-1-3-5-17)24-12-10-23(11-13-24)14-15-27-16-20(25)26;3-1-2-7(4,5)6/h1-9,21H,10-16H2,(H,25,26);1-3H2,(H,4,5,6). The van der Waals surface area contributed by atoms with Crippen molar-refractivity contribution in [2.45, 2.75) is 6.04 Å². The summed E-state index contributed by atoms with van der Waals surface area (Å²) in [5.74, 6) is -1.28. The third-order valence-electron chi connectivity index (χ3n) is 5.23. The van der Waals surface area contributed by atoms with Gasteiger partial charge >= 0.3 is 5.97 Å². The molecular weight excluding hydrogens is 482 g/mol. The van der Waals surface area contributed by atoms with Crippen LogP contribution in [0.1, 0.15) is 17.2 Å². The van der Waals surface area contributed by atoms with Crippen LogP contribution in [0.25, 0.3) is 0 Å². The first-order chi connectivity index (χ1) is 16.2. The molecule has 0 amide bonds. The third-order valence-corrected chi connectivity index (χ3v) is 6.23. The highest BCUT2D eigenvalue weighted by Crippen LogP contribution is 2.30. The highest BCUT2D eigenvalue weighted by molar-refractivity contribution is 7.85. The molecule has 0 aliphatic carbocycles. The molecule has 0 saturated carbocycles. The highest BCUT2D eigenvalue weighted by atomic mass is 35.5. The Bertz CT molecular complexity index is 968. The van der Waals surface area contributed by atoms with Gasteiger partial charge in [0.2, 0.25) is 0 Å². The lowest BCUT2D eigenvalue weighted by atomic mass is 9.96. The summed E-state index contributed by atoms with van der Waals surface area (Å²) in [6.07, 6.45) is 0. The molecule has 1 unspecified atom stereocenters. The number of carboxylic acid groups (broad SMARTS) is 1. The Morgan fingerprint density at radius 3 is 2.12 bits per heavy atom. The zero-order valence-electron chi connectivity index (χ0n) is 18.9. The van der Waals surface area contributed by atoms with Gasteiger partial charge in [-0.3, -0.25) is 14.4 Å². The summed E-state index contributed by atoms with van der Waals surface area (Å²) in [5.41, 5.74) is 7.29. The maximum Gasteiger partial charge on any atom is 0.329 e. The molecule has 2 aromatic rings. The molecule has 3 rings (SSSR count). The lowest BCUT2D eigenvalue weighted by molar-refractivity contribution is -0.142. The van der Waals surface area contributed by atoms with Crippen molar-refractivity contribution in [3.05, 3.63) is 70.7 Å². The van der Waals surface area contributed by atoms with Crippen molar-refractivity contribution in [3.63, 3.8) is 0 Å². The zero-order valence-corrected chi connectivity index (χ0v) is 20.5. The van der Waals surface area contributed by atoms with Crippen LogP contribution in [-0.4, -0.2) is 92.1 Å². The lowest BCUT2D eigenvalue weighted by Crippen LogP contribution is -2.48. The second kappa shape index (κ2) is 14.4. The van der Waals surface area contributed by atoms with E-state index in [0.29, 0.717) is 6.61 Å². The van der Waals surface area contributed by atoms with Crippen LogP contribution in [0, 0.1) is 0 Å². The Hall–Kier alpha value is -2.05. The third kappa shape index (κ3) is 10.5. The number of carboxylic acids is 1. The summed E-state index contributed by atoms with van der Waals surface area (Å²) in [5, 5.41) is 9.37. The fourth-order valence-electron chi connectivity index (χ4n) is 3.64. The topological polar surface area (TPSA) is 133 Å². The number of piperazine rings is 1. The van der Waals surface area contributed by atoms with E-state index in [2.05, 4.69) is 46.2 Å². The number of benzene rings is 2. The van der Waals surface area contributed by atoms with E-state index in [9.17, 15) is 13.2 Å². The molecule has 0 spiro atoms. The maximum atomic E-state index is 10.5. The smallest absolute Gasteiger partial charge is 0.329 e. The van der Waals surface area contributed by atoms with E-state index in [1.54, 1.807) is 0 Å². The molecule has 2 aromatic carbocycles. The molecule has 1 atom stereocenters. The first-order valence-electron chi connectivity index (χ1n) is 10.9. The fourth-order valence-corrected chi connectivity index (χ4v) is 4.07. The van der Waals surface area contributed by atoms with Crippen molar-refractivity contribution < 1.29 is 27.6 Å². The summed E-state index contributed by atoms with van der Waals surface area (Å²) in [6, 6.07) is 18.8. The van der Waals surface area contributed by atoms with Gasteiger partial charge < -0.3 is 15.6 Å². The summed E-state index contributed by atoms with van der Waals surface area (Å²) in [7, 11) is -3.80. The molecule has 11 heteroatoms. The van der Waals surface area contributed by atoms with E-state index in [1.165, 1.54) is 11.1 Å². The van der Waals surface area contributed by atoms with E-state index in [1.807, 2.05) is 18.2 Å². The molecule has 1 aliphatic heterocycles. The fraction of sp³-hybridized carbons (Fsp3) is 0.435. The predicted octanol–water partition coefficient (Wildman–Crippen LogP) is 1.98. The van der Waals surface area contributed by atoms with E-state index in [-0.39, 0.29) is 24.9 Å². The van der Waals surface area contributed by atoms with Gasteiger partial charge in [-0.1, -0.05) is 54.1 Å². The Kier molecular flexibility index (Phi) is 11.9. The summed E-state index contributed by atoms with van der Waals surface area (Å²) >= 11 is 6.08. The highest BCUT2D eigenvalue weighted by Gasteiger charge is 2.26. The Labute approximate surface area is 205 Å². The van der Waals surface area contributed by atoms with Crippen molar-refractivity contribution in [3.8, 4) is 0 Å². The minimum Gasteiger partial charge on any atom is -0.480 e. The number of nitrogens with two attached hydrogens (primary N) is 1. The van der Waals surface area contributed by atoms with E-state index < -0.39 is 16.1 Å². The van der Waals surface area contributed by atoms with Gasteiger partial charge in [-0.25, -0.2) is 4.79 Å². The van der Waals surface area contributed by atoms with Crippen LogP contribution < -0.4 is 5.73 Å². The average Bonchev–Trinajstić information content (AvgIpc) is 2.79. The number of carbonyl (C=O) groups is 1. The minimum absolute atomic E-state index is 0.0289. The molecule has 1 heterocycles. The van der Waals surface area contributed by atoms with Crippen molar-refractivity contribution in [1.29, 1.82) is 0 Å². The first kappa shape index (κ1) is 28.2. The maximum absolute atomic E-state index is 10.5. The molecule has 0 bridgehead atoms. The number of rotatable bonds is 10. The van der Waals surface area contributed by atoms with Crippen molar-refractivity contribution in [2.75, 3.05) is 58.2 Å². The van der Waals surface area contributed by atoms with Crippen LogP contribution in [0.15, 0.2) is 54.6 Å². The van der Waals surface area contributed by atoms with Gasteiger partial charge in [0, 0.05) is 44.3 Å².